The van der Waals surface area contributed by atoms with Crippen LogP contribution in [0.1, 0.15) is 5.56 Å². The maximum atomic E-state index is 12.8. The van der Waals surface area contributed by atoms with Crippen LogP contribution in [0.3, 0.4) is 0 Å². The lowest BCUT2D eigenvalue weighted by Gasteiger charge is -2.06. The van der Waals surface area contributed by atoms with Gasteiger partial charge in [0.15, 0.2) is 0 Å². The Morgan fingerprint density at radius 1 is 0.880 bits per heavy atom. The van der Waals surface area contributed by atoms with Gasteiger partial charge in [0.2, 0.25) is 11.8 Å². The molecule has 130 valence electrons. The Balaban J connectivity index is 1.91. The van der Waals surface area contributed by atoms with Crippen LogP contribution in [-0.2, 0) is 6.18 Å². The molecular weight excluding hydrogens is 347 g/mol. The fourth-order valence-electron chi connectivity index (χ4n) is 2.09. The predicted molar refractivity (Wildman–Crippen MR) is 76.8 cm³/mol. The van der Waals surface area contributed by atoms with Crippen LogP contribution in [0.25, 0.3) is 22.9 Å². The van der Waals surface area contributed by atoms with Gasteiger partial charge in [-0.05, 0) is 36.4 Å². The normalized spacial score (nSPS) is 11.8. The van der Waals surface area contributed by atoms with Gasteiger partial charge in [0.25, 0.3) is 0 Å². The summed E-state index contributed by atoms with van der Waals surface area (Å²) in [5.74, 6) is -0.264. The fourth-order valence-corrected chi connectivity index (χ4v) is 2.09. The van der Waals surface area contributed by atoms with E-state index in [0.717, 1.165) is 12.1 Å². The van der Waals surface area contributed by atoms with Crippen molar-refractivity contribution in [3.63, 3.8) is 0 Å². The summed E-state index contributed by atoms with van der Waals surface area (Å²) in [6, 6.07) is 9.96. The highest BCUT2D eigenvalue weighted by Crippen LogP contribution is 2.33. The highest BCUT2D eigenvalue weighted by molar-refractivity contribution is 5.59. The van der Waals surface area contributed by atoms with Crippen LogP contribution < -0.4 is 4.74 Å². The van der Waals surface area contributed by atoms with Crippen molar-refractivity contribution in [1.29, 1.82) is 0 Å². The Labute approximate surface area is 137 Å². The van der Waals surface area contributed by atoms with Crippen LogP contribution in [0.15, 0.2) is 52.9 Å². The molecule has 0 aliphatic heterocycles. The third-order valence-electron chi connectivity index (χ3n) is 3.17. The second kappa shape index (κ2) is 6.50. The van der Waals surface area contributed by atoms with E-state index in [0.29, 0.717) is 5.56 Å². The zero-order valence-electron chi connectivity index (χ0n) is 12.3. The number of rotatable bonds is 4. The van der Waals surface area contributed by atoms with Crippen LogP contribution in [0.2, 0.25) is 0 Å². The smallest absolute Gasteiger partial charge is 0.416 e. The second-order valence-corrected chi connectivity index (χ2v) is 4.90. The van der Waals surface area contributed by atoms with Crippen molar-refractivity contribution in [2.75, 3.05) is 0 Å². The molecule has 0 unspecified atom stereocenters. The number of benzene rings is 2. The van der Waals surface area contributed by atoms with Gasteiger partial charge in [-0.1, -0.05) is 12.1 Å². The topological polar surface area (TPSA) is 48.2 Å². The lowest BCUT2D eigenvalue weighted by molar-refractivity contribution is -0.137. The molecule has 0 atom stereocenters. The summed E-state index contributed by atoms with van der Waals surface area (Å²) in [4.78, 5) is 0. The minimum atomic E-state index is -4.50. The standard InChI is InChI=1S/C16H9F5N2O2/c17-15(18)24-12-6-2-4-10(8-12)14-23-22-13(25-14)9-3-1-5-11(7-9)16(19,20)21/h1-8,15H. The monoisotopic (exact) mass is 356 g/mol. The van der Waals surface area contributed by atoms with Gasteiger partial charge in [-0.25, -0.2) is 0 Å². The van der Waals surface area contributed by atoms with Crippen molar-refractivity contribution in [3.8, 4) is 28.7 Å². The number of ether oxygens (including phenoxy) is 1. The first kappa shape index (κ1) is 16.9. The molecule has 9 heteroatoms. The first-order chi connectivity index (χ1) is 11.8. The zero-order valence-corrected chi connectivity index (χ0v) is 12.3. The predicted octanol–water partition coefficient (Wildman–Crippen LogP) is 5.02. The van der Waals surface area contributed by atoms with Gasteiger partial charge in [-0.15, -0.1) is 10.2 Å². The minimum Gasteiger partial charge on any atom is -0.435 e. The van der Waals surface area contributed by atoms with E-state index in [9.17, 15) is 22.0 Å². The third-order valence-corrected chi connectivity index (χ3v) is 3.17. The molecule has 0 radical (unpaired) electrons. The Kier molecular flexibility index (Phi) is 4.39. The molecule has 25 heavy (non-hydrogen) atoms. The molecule has 3 aromatic rings. The maximum absolute atomic E-state index is 12.8. The van der Waals surface area contributed by atoms with E-state index in [-0.39, 0.29) is 23.1 Å². The molecule has 2 aromatic carbocycles. The van der Waals surface area contributed by atoms with Gasteiger partial charge >= 0.3 is 12.8 Å². The summed E-state index contributed by atoms with van der Waals surface area (Å²) in [6.07, 6.45) is -4.50. The molecule has 4 nitrogen and oxygen atoms in total. The van der Waals surface area contributed by atoms with Gasteiger partial charge in [0, 0.05) is 11.1 Å². The van der Waals surface area contributed by atoms with Crippen LogP contribution in [-0.4, -0.2) is 16.8 Å². The first-order valence-electron chi connectivity index (χ1n) is 6.89. The Morgan fingerprint density at radius 3 is 2.08 bits per heavy atom. The van der Waals surface area contributed by atoms with Crippen LogP contribution in [0.5, 0.6) is 5.75 Å². The van der Waals surface area contributed by atoms with E-state index in [1.54, 1.807) is 0 Å². The van der Waals surface area contributed by atoms with Crippen LogP contribution in [0, 0.1) is 0 Å². The Morgan fingerprint density at radius 2 is 1.48 bits per heavy atom. The largest absolute Gasteiger partial charge is 0.435 e. The minimum absolute atomic E-state index is 0.0351. The molecule has 0 N–H and O–H groups in total. The molecule has 0 saturated heterocycles. The molecule has 0 amide bonds. The molecular formula is C16H9F5N2O2. The molecule has 0 aliphatic carbocycles. The highest BCUT2D eigenvalue weighted by atomic mass is 19.4. The summed E-state index contributed by atoms with van der Waals surface area (Å²) in [7, 11) is 0. The van der Waals surface area contributed by atoms with Crippen molar-refractivity contribution in [3.05, 3.63) is 54.1 Å². The van der Waals surface area contributed by atoms with E-state index >= 15 is 0 Å². The van der Waals surface area contributed by atoms with E-state index < -0.39 is 18.4 Å². The molecule has 0 spiro atoms. The van der Waals surface area contributed by atoms with E-state index in [1.807, 2.05) is 0 Å². The lowest BCUT2D eigenvalue weighted by atomic mass is 10.1. The number of nitrogens with zero attached hydrogens (tertiary/aromatic N) is 2. The summed E-state index contributed by atoms with van der Waals surface area (Å²) in [5.41, 5.74) is -0.463. The molecule has 0 saturated carbocycles. The fraction of sp³-hybridized carbons (Fsp3) is 0.125. The Bertz CT molecular complexity index is 877. The third kappa shape index (κ3) is 3.93. The van der Waals surface area contributed by atoms with Crippen molar-refractivity contribution >= 4 is 0 Å². The number of hydrogen-bond donors (Lipinski definition) is 0. The van der Waals surface area contributed by atoms with Gasteiger partial charge in [0.1, 0.15) is 5.75 Å². The summed E-state index contributed by atoms with van der Waals surface area (Å²) < 4.78 is 72.4. The van der Waals surface area contributed by atoms with Gasteiger partial charge < -0.3 is 9.15 Å². The molecule has 1 aromatic heterocycles. The van der Waals surface area contributed by atoms with E-state index in [4.69, 9.17) is 4.42 Å². The SMILES string of the molecule is FC(F)Oc1cccc(-c2nnc(-c3cccc(C(F)(F)F)c3)o2)c1. The second-order valence-electron chi connectivity index (χ2n) is 4.90. The molecule has 3 rings (SSSR count). The van der Waals surface area contributed by atoms with Gasteiger partial charge in [-0.2, -0.15) is 22.0 Å². The summed E-state index contributed by atoms with van der Waals surface area (Å²) in [5, 5.41) is 7.44. The molecule has 0 bridgehead atoms. The maximum Gasteiger partial charge on any atom is 0.416 e. The van der Waals surface area contributed by atoms with Crippen molar-refractivity contribution in [2.45, 2.75) is 12.8 Å². The van der Waals surface area contributed by atoms with Gasteiger partial charge in [-0.3, -0.25) is 0 Å². The molecule has 0 aliphatic rings. The summed E-state index contributed by atoms with van der Waals surface area (Å²) >= 11 is 0. The number of halogens is 5. The molecule has 1 heterocycles. The van der Waals surface area contributed by atoms with E-state index in [1.165, 1.54) is 36.4 Å². The number of alkyl halides is 5. The van der Waals surface area contributed by atoms with E-state index in [2.05, 4.69) is 14.9 Å². The number of aromatic nitrogens is 2. The zero-order chi connectivity index (χ0) is 18.0. The lowest BCUT2D eigenvalue weighted by Crippen LogP contribution is -2.04. The quantitative estimate of drug-likeness (QED) is 0.616. The average molecular weight is 356 g/mol. The Hall–Kier alpha value is -2.97. The molecule has 0 fully saturated rings. The average Bonchev–Trinajstić information content (AvgIpc) is 3.04. The van der Waals surface area contributed by atoms with Crippen LogP contribution >= 0.6 is 0 Å². The van der Waals surface area contributed by atoms with Crippen molar-refractivity contribution in [1.82, 2.24) is 10.2 Å². The first-order valence-corrected chi connectivity index (χ1v) is 6.89. The summed E-state index contributed by atoms with van der Waals surface area (Å²) in [6.45, 7) is -2.99. The number of hydrogen-bond acceptors (Lipinski definition) is 4. The van der Waals surface area contributed by atoms with Crippen LogP contribution in [0.4, 0.5) is 22.0 Å². The van der Waals surface area contributed by atoms with Crippen molar-refractivity contribution < 1.29 is 31.1 Å². The van der Waals surface area contributed by atoms with Crippen molar-refractivity contribution in [2.24, 2.45) is 0 Å². The van der Waals surface area contributed by atoms with Gasteiger partial charge in [0.05, 0.1) is 5.56 Å². The highest BCUT2D eigenvalue weighted by Gasteiger charge is 2.30.